The average Bonchev–Trinajstić information content (AvgIpc) is 3.12. The molecule has 1 atom stereocenters. The Balaban J connectivity index is 1.54. The molecule has 7 nitrogen and oxygen atoms in total. The molecule has 1 unspecified atom stereocenters. The van der Waals surface area contributed by atoms with E-state index < -0.39 is 10.0 Å². The van der Waals surface area contributed by atoms with E-state index >= 15 is 0 Å². The molecule has 1 aliphatic rings. The van der Waals surface area contributed by atoms with E-state index in [-0.39, 0.29) is 17.5 Å². The molecule has 27 heavy (non-hydrogen) atoms. The quantitative estimate of drug-likeness (QED) is 0.681. The topological polar surface area (TPSA) is 85.5 Å². The first-order valence-corrected chi connectivity index (χ1v) is 10.8. The molecule has 1 aromatic carbocycles. The van der Waals surface area contributed by atoms with Gasteiger partial charge in [-0.3, -0.25) is 0 Å². The van der Waals surface area contributed by atoms with Gasteiger partial charge in [0.05, 0.1) is 18.3 Å². The average molecular weight is 397 g/mol. The number of benzene rings is 1. The first-order valence-electron chi connectivity index (χ1n) is 9.16. The van der Waals surface area contributed by atoms with Gasteiger partial charge in [0.25, 0.3) is 0 Å². The summed E-state index contributed by atoms with van der Waals surface area (Å²) in [4.78, 5) is 4.40. The summed E-state index contributed by atoms with van der Waals surface area (Å²) < 4.78 is 49.9. The number of aromatic nitrogens is 2. The Morgan fingerprint density at radius 3 is 2.85 bits per heavy atom. The number of piperidine rings is 1. The summed E-state index contributed by atoms with van der Waals surface area (Å²) in [5.74, 6) is 1.33. The molecule has 2 aromatic rings. The molecule has 148 valence electrons. The Bertz CT molecular complexity index is 839. The minimum Gasteiger partial charge on any atom is -0.493 e. The molecule has 1 aromatic heterocycles. The van der Waals surface area contributed by atoms with Crippen LogP contribution in [0.15, 0.2) is 28.8 Å². The van der Waals surface area contributed by atoms with Gasteiger partial charge in [-0.05, 0) is 43.5 Å². The van der Waals surface area contributed by atoms with Gasteiger partial charge >= 0.3 is 0 Å². The van der Waals surface area contributed by atoms with Crippen molar-refractivity contribution >= 4 is 10.0 Å². The molecular weight excluding hydrogens is 373 g/mol. The predicted molar refractivity (Wildman–Crippen MR) is 97.5 cm³/mol. The van der Waals surface area contributed by atoms with Gasteiger partial charge in [-0.1, -0.05) is 12.1 Å². The first-order chi connectivity index (χ1) is 13.0. The predicted octanol–water partition coefficient (Wildman–Crippen LogP) is 2.75. The van der Waals surface area contributed by atoms with Crippen molar-refractivity contribution in [3.8, 4) is 5.75 Å². The molecule has 0 bridgehead atoms. The number of rotatable bonds is 8. The van der Waals surface area contributed by atoms with Gasteiger partial charge in [0.15, 0.2) is 5.82 Å². The van der Waals surface area contributed by atoms with Crippen molar-refractivity contribution in [2.75, 3.05) is 25.4 Å². The fourth-order valence-electron chi connectivity index (χ4n) is 3.11. The Hall–Kier alpha value is -2.00. The molecule has 0 N–H and O–H groups in total. The van der Waals surface area contributed by atoms with Gasteiger partial charge in [-0.25, -0.2) is 17.1 Å². The molecule has 0 saturated carbocycles. The van der Waals surface area contributed by atoms with Crippen LogP contribution in [0.1, 0.15) is 43.8 Å². The van der Waals surface area contributed by atoms with Crippen LogP contribution in [0.25, 0.3) is 0 Å². The third kappa shape index (κ3) is 5.26. The highest BCUT2D eigenvalue weighted by Crippen LogP contribution is 2.27. The molecule has 1 saturated heterocycles. The third-order valence-electron chi connectivity index (χ3n) is 4.48. The van der Waals surface area contributed by atoms with Crippen LogP contribution >= 0.6 is 0 Å². The highest BCUT2D eigenvalue weighted by atomic mass is 32.2. The normalized spacial score (nSPS) is 18.5. The second-order valence-corrected chi connectivity index (χ2v) is 8.70. The summed E-state index contributed by atoms with van der Waals surface area (Å²) >= 11 is 0. The molecule has 3 rings (SSSR count). The van der Waals surface area contributed by atoms with Crippen LogP contribution in [-0.4, -0.2) is 48.3 Å². The van der Waals surface area contributed by atoms with E-state index in [0.717, 1.165) is 12.8 Å². The van der Waals surface area contributed by atoms with E-state index in [1.54, 1.807) is 12.1 Å². The zero-order chi connectivity index (χ0) is 19.3. The van der Waals surface area contributed by atoms with Crippen LogP contribution < -0.4 is 4.74 Å². The molecule has 9 heteroatoms. The second-order valence-electron chi connectivity index (χ2n) is 6.61. The van der Waals surface area contributed by atoms with Crippen molar-refractivity contribution in [1.29, 1.82) is 0 Å². The number of sulfonamides is 1. The lowest BCUT2D eigenvalue weighted by Gasteiger charge is -2.30. The van der Waals surface area contributed by atoms with Crippen LogP contribution in [0.4, 0.5) is 4.39 Å². The maximum Gasteiger partial charge on any atom is 0.231 e. The summed E-state index contributed by atoms with van der Waals surface area (Å²) in [6.45, 7) is 3.13. The largest absolute Gasteiger partial charge is 0.493 e. The van der Waals surface area contributed by atoms with Crippen LogP contribution in [0.5, 0.6) is 5.75 Å². The van der Waals surface area contributed by atoms with Gasteiger partial charge in [-0.2, -0.15) is 4.98 Å². The fraction of sp³-hybridized carbons (Fsp3) is 0.556. The van der Waals surface area contributed by atoms with E-state index in [2.05, 4.69) is 10.1 Å². The van der Waals surface area contributed by atoms with Crippen molar-refractivity contribution in [1.82, 2.24) is 14.4 Å². The summed E-state index contributed by atoms with van der Waals surface area (Å²) in [5, 5.41) is 3.97. The maximum absolute atomic E-state index is 12.9. The molecule has 0 radical (unpaired) electrons. The highest BCUT2D eigenvalue weighted by molar-refractivity contribution is 7.89. The van der Waals surface area contributed by atoms with Gasteiger partial charge < -0.3 is 9.26 Å². The Morgan fingerprint density at radius 1 is 1.33 bits per heavy atom. The zero-order valence-corrected chi connectivity index (χ0v) is 16.1. The van der Waals surface area contributed by atoms with Gasteiger partial charge in [0, 0.05) is 19.5 Å². The number of hydrogen-bond acceptors (Lipinski definition) is 6. The fourth-order valence-corrected chi connectivity index (χ4v) is 4.70. The van der Waals surface area contributed by atoms with E-state index in [0.29, 0.717) is 50.0 Å². The van der Waals surface area contributed by atoms with Gasteiger partial charge in [0.1, 0.15) is 11.6 Å². The molecule has 0 aliphatic carbocycles. The highest BCUT2D eigenvalue weighted by Gasteiger charge is 2.31. The lowest BCUT2D eigenvalue weighted by atomic mass is 10.00. The summed E-state index contributed by atoms with van der Waals surface area (Å²) in [7, 11) is -3.22. The lowest BCUT2D eigenvalue weighted by molar-refractivity contribution is 0.264. The molecule has 1 aliphatic heterocycles. The van der Waals surface area contributed by atoms with Crippen molar-refractivity contribution in [3.05, 3.63) is 41.8 Å². The maximum atomic E-state index is 12.9. The van der Waals surface area contributed by atoms with E-state index in [9.17, 15) is 12.8 Å². The van der Waals surface area contributed by atoms with Gasteiger partial charge in [-0.15, -0.1) is 0 Å². The van der Waals surface area contributed by atoms with Gasteiger partial charge in [0.2, 0.25) is 15.9 Å². The minimum atomic E-state index is -3.22. The molecule has 0 spiro atoms. The van der Waals surface area contributed by atoms with Crippen LogP contribution in [0.2, 0.25) is 0 Å². The lowest BCUT2D eigenvalue weighted by Crippen LogP contribution is -2.40. The summed E-state index contributed by atoms with van der Waals surface area (Å²) in [6.07, 6.45) is 2.65. The van der Waals surface area contributed by atoms with Crippen LogP contribution in [-0.2, 0) is 16.4 Å². The summed E-state index contributed by atoms with van der Waals surface area (Å²) in [5.41, 5.74) is 0. The van der Waals surface area contributed by atoms with Crippen LogP contribution in [0, 0.1) is 5.82 Å². The number of nitrogens with zero attached hydrogens (tertiary/aromatic N) is 3. The van der Waals surface area contributed by atoms with E-state index in [4.69, 9.17) is 9.26 Å². The minimum absolute atomic E-state index is 0.0790. The smallest absolute Gasteiger partial charge is 0.231 e. The summed E-state index contributed by atoms with van der Waals surface area (Å²) in [6, 6.07) is 5.79. The Morgan fingerprint density at radius 2 is 2.11 bits per heavy atom. The Kier molecular flexibility index (Phi) is 6.43. The van der Waals surface area contributed by atoms with Crippen molar-refractivity contribution in [2.45, 2.75) is 38.5 Å². The standard InChI is InChI=1S/C18H24FN3O4S/c1-2-12-27(23,24)22-10-3-4-14(13-22)18-20-17(21-26-18)9-11-25-16-7-5-15(19)6-8-16/h5-8,14H,2-4,9-13H2,1H3. The number of ether oxygens (including phenoxy) is 1. The SMILES string of the molecule is CCCS(=O)(=O)N1CCCC(c2nc(CCOc3ccc(F)cc3)no2)C1. The monoisotopic (exact) mass is 397 g/mol. The molecule has 2 heterocycles. The zero-order valence-electron chi connectivity index (χ0n) is 15.3. The van der Waals surface area contributed by atoms with Crippen LogP contribution in [0.3, 0.4) is 0 Å². The van der Waals surface area contributed by atoms with Crippen molar-refractivity contribution < 1.29 is 22.1 Å². The van der Waals surface area contributed by atoms with E-state index in [1.807, 2.05) is 6.92 Å². The van der Waals surface area contributed by atoms with Crippen molar-refractivity contribution in [3.63, 3.8) is 0 Å². The third-order valence-corrected chi connectivity index (χ3v) is 6.52. The number of hydrogen-bond donors (Lipinski definition) is 0. The molecule has 0 amide bonds. The molecule has 1 fully saturated rings. The molecular formula is C18H24FN3O4S. The second kappa shape index (κ2) is 8.79. The van der Waals surface area contributed by atoms with E-state index in [1.165, 1.54) is 16.4 Å². The first kappa shape index (κ1) is 19.8. The number of halogens is 1. The van der Waals surface area contributed by atoms with Crippen molar-refractivity contribution in [2.24, 2.45) is 0 Å². The Labute approximate surface area is 158 Å².